The third kappa shape index (κ3) is 2.10. The molecule has 0 aliphatic heterocycles. The zero-order valence-electron chi connectivity index (χ0n) is 6.77. The average Bonchev–Trinajstić information content (AvgIpc) is 2.17. The van der Waals surface area contributed by atoms with Gasteiger partial charge in [0.1, 0.15) is 6.07 Å². The lowest BCUT2D eigenvalue weighted by Crippen LogP contribution is -2.00. The Hall–Kier alpha value is -0.540. The van der Waals surface area contributed by atoms with E-state index in [0.717, 1.165) is 0 Å². The molecule has 0 spiro atoms. The molecule has 1 aromatic heterocycles. The number of alkyl halides is 3. The van der Waals surface area contributed by atoms with E-state index in [0.29, 0.717) is 4.47 Å². The molecule has 0 aromatic carbocycles. The number of hydrogen-bond donors (Lipinski definition) is 0. The fourth-order valence-electron chi connectivity index (χ4n) is 0.997. The number of hydrogen-bond acceptors (Lipinski definition) is 2. The second-order valence-corrected chi connectivity index (χ2v) is 3.80. The molecule has 0 aliphatic carbocycles. The summed E-state index contributed by atoms with van der Waals surface area (Å²) in [7, 11) is 0. The third-order valence-electron chi connectivity index (χ3n) is 1.61. The molecule has 1 aromatic rings. The summed E-state index contributed by atoms with van der Waals surface area (Å²) in [4.78, 5) is 3.80. The van der Waals surface area contributed by atoms with Gasteiger partial charge in [0, 0.05) is 11.5 Å². The fourth-order valence-corrected chi connectivity index (χ4v) is 1.85. The summed E-state index contributed by atoms with van der Waals surface area (Å²) >= 11 is 6.05. The average molecular weight is 326 g/mol. The fraction of sp³-hybridized carbons (Fsp3) is 0.250. The van der Waals surface area contributed by atoms with Crippen LogP contribution in [0.15, 0.2) is 10.7 Å². The Kier molecular flexibility index (Phi) is 3.96. The Morgan fingerprint density at radius 1 is 1.57 bits per heavy atom. The third-order valence-corrected chi connectivity index (χ3v) is 2.74. The van der Waals surface area contributed by atoms with E-state index in [1.807, 2.05) is 0 Å². The van der Waals surface area contributed by atoms with Crippen molar-refractivity contribution in [2.24, 2.45) is 0 Å². The van der Waals surface area contributed by atoms with Crippen molar-refractivity contribution in [1.29, 1.82) is 5.26 Å². The first-order valence-corrected chi connectivity index (χ1v) is 5.44. The number of nitrogens with zero attached hydrogens (tertiary/aromatic N) is 2. The van der Waals surface area contributed by atoms with Gasteiger partial charge in [-0.25, -0.2) is 8.78 Å². The van der Waals surface area contributed by atoms with E-state index in [4.69, 9.17) is 5.26 Å². The van der Waals surface area contributed by atoms with Crippen molar-refractivity contribution in [3.05, 3.63) is 27.5 Å². The van der Waals surface area contributed by atoms with E-state index >= 15 is 0 Å². The molecule has 1 rings (SSSR count). The molecule has 2 nitrogen and oxygen atoms in total. The van der Waals surface area contributed by atoms with Gasteiger partial charge in [0.15, 0.2) is 0 Å². The molecule has 0 amide bonds. The maximum Gasteiger partial charge on any atom is 0.266 e. The van der Waals surface area contributed by atoms with Gasteiger partial charge in [0.05, 0.1) is 21.3 Å². The Morgan fingerprint density at radius 3 is 2.64 bits per heavy atom. The van der Waals surface area contributed by atoms with Crippen LogP contribution in [0.3, 0.4) is 0 Å². The number of nitriles is 1. The molecule has 0 aliphatic rings. The largest absolute Gasteiger partial charge is 0.266 e. The van der Waals surface area contributed by atoms with Gasteiger partial charge in [0.2, 0.25) is 0 Å². The van der Waals surface area contributed by atoms with Gasteiger partial charge in [-0.3, -0.25) is 4.98 Å². The van der Waals surface area contributed by atoms with Crippen LogP contribution in [0.25, 0.3) is 0 Å². The van der Waals surface area contributed by atoms with E-state index in [1.165, 1.54) is 6.20 Å². The highest BCUT2D eigenvalue weighted by molar-refractivity contribution is 9.10. The Bertz CT molecular complexity index is 388. The summed E-state index contributed by atoms with van der Waals surface area (Å²) in [5.41, 5.74) is -0.164. The van der Waals surface area contributed by atoms with Gasteiger partial charge >= 0.3 is 0 Å². The van der Waals surface area contributed by atoms with Crippen molar-refractivity contribution in [3.63, 3.8) is 0 Å². The van der Waals surface area contributed by atoms with E-state index in [9.17, 15) is 8.78 Å². The highest BCUT2D eigenvalue weighted by atomic mass is 79.9. The summed E-state index contributed by atoms with van der Waals surface area (Å²) in [6, 6.07) is 1.73. The summed E-state index contributed by atoms with van der Waals surface area (Å²) in [5, 5.41) is 8.91. The van der Waals surface area contributed by atoms with E-state index in [-0.39, 0.29) is 22.2 Å². The molecule has 0 radical (unpaired) electrons. The molecule has 0 N–H and O–H groups in total. The molecule has 0 saturated heterocycles. The Labute approximate surface area is 96.2 Å². The number of aromatic nitrogens is 1. The first kappa shape index (κ1) is 11.5. The van der Waals surface area contributed by atoms with Gasteiger partial charge in [-0.05, 0) is 15.9 Å². The van der Waals surface area contributed by atoms with Crippen LogP contribution in [-0.2, 0) is 5.33 Å². The molecule has 14 heavy (non-hydrogen) atoms. The summed E-state index contributed by atoms with van der Waals surface area (Å²) in [5.74, 6) is 0. The monoisotopic (exact) mass is 324 g/mol. The number of pyridine rings is 1. The SMILES string of the molecule is N#Cc1c(Br)cnc(CBr)c1C(F)F. The van der Waals surface area contributed by atoms with E-state index in [2.05, 4.69) is 36.8 Å². The molecule has 1 heterocycles. The van der Waals surface area contributed by atoms with Gasteiger partial charge in [0.25, 0.3) is 6.43 Å². The second-order valence-electron chi connectivity index (χ2n) is 2.39. The van der Waals surface area contributed by atoms with Crippen molar-refractivity contribution >= 4 is 31.9 Å². The minimum Gasteiger partial charge on any atom is -0.259 e. The summed E-state index contributed by atoms with van der Waals surface area (Å²) in [6.07, 6.45) is -1.34. The molecule has 0 unspecified atom stereocenters. The van der Waals surface area contributed by atoms with Crippen LogP contribution < -0.4 is 0 Å². The minimum absolute atomic E-state index is 0.0514. The smallest absolute Gasteiger partial charge is 0.259 e. The number of halogens is 4. The number of rotatable bonds is 2. The maximum atomic E-state index is 12.6. The lowest BCUT2D eigenvalue weighted by atomic mass is 10.1. The van der Waals surface area contributed by atoms with Gasteiger partial charge < -0.3 is 0 Å². The quantitative estimate of drug-likeness (QED) is 0.780. The van der Waals surface area contributed by atoms with Crippen LogP contribution in [0.1, 0.15) is 23.2 Å². The zero-order valence-corrected chi connectivity index (χ0v) is 9.94. The van der Waals surface area contributed by atoms with Crippen molar-refractivity contribution in [2.45, 2.75) is 11.8 Å². The highest BCUT2D eigenvalue weighted by Gasteiger charge is 2.20. The predicted octanol–water partition coefficient (Wildman–Crippen LogP) is 3.55. The van der Waals surface area contributed by atoms with Gasteiger partial charge in [-0.2, -0.15) is 5.26 Å². The van der Waals surface area contributed by atoms with Crippen molar-refractivity contribution in [2.75, 3.05) is 0 Å². The standard InChI is InChI=1S/C8H4Br2F2N2/c9-1-6-7(8(11)12)4(2-13)5(10)3-14-6/h3,8H,1H2. The van der Waals surface area contributed by atoms with Gasteiger partial charge in [-0.15, -0.1) is 0 Å². The molecular weight excluding hydrogens is 322 g/mol. The topological polar surface area (TPSA) is 36.7 Å². The highest BCUT2D eigenvalue weighted by Crippen LogP contribution is 2.30. The molecular formula is C8H4Br2F2N2. The van der Waals surface area contributed by atoms with E-state index < -0.39 is 6.43 Å². The van der Waals surface area contributed by atoms with Crippen molar-refractivity contribution < 1.29 is 8.78 Å². The molecule has 0 atom stereocenters. The Balaban J connectivity index is 3.46. The maximum absolute atomic E-state index is 12.6. The second kappa shape index (κ2) is 4.80. The zero-order chi connectivity index (χ0) is 10.7. The first-order valence-electron chi connectivity index (χ1n) is 3.53. The molecule has 0 fully saturated rings. The van der Waals surface area contributed by atoms with Crippen LogP contribution in [0.4, 0.5) is 8.78 Å². The lowest BCUT2D eigenvalue weighted by molar-refractivity contribution is 0.149. The minimum atomic E-state index is -2.69. The van der Waals surface area contributed by atoms with E-state index in [1.54, 1.807) is 6.07 Å². The van der Waals surface area contributed by atoms with Crippen LogP contribution in [0.5, 0.6) is 0 Å². The normalized spacial score (nSPS) is 10.3. The van der Waals surface area contributed by atoms with Crippen molar-refractivity contribution in [3.8, 4) is 6.07 Å². The molecule has 74 valence electrons. The molecule has 0 bridgehead atoms. The van der Waals surface area contributed by atoms with Gasteiger partial charge in [-0.1, -0.05) is 15.9 Å². The van der Waals surface area contributed by atoms with Crippen molar-refractivity contribution in [1.82, 2.24) is 4.98 Å². The summed E-state index contributed by atoms with van der Waals surface area (Å²) < 4.78 is 25.5. The molecule has 6 heteroatoms. The van der Waals surface area contributed by atoms with Crippen LogP contribution in [0.2, 0.25) is 0 Å². The van der Waals surface area contributed by atoms with Crippen LogP contribution >= 0.6 is 31.9 Å². The first-order chi connectivity index (χ1) is 6.61. The summed E-state index contributed by atoms with van der Waals surface area (Å²) in [6.45, 7) is 0. The predicted molar refractivity (Wildman–Crippen MR) is 54.2 cm³/mol. The Morgan fingerprint density at radius 2 is 2.21 bits per heavy atom. The van der Waals surface area contributed by atoms with Crippen LogP contribution in [-0.4, -0.2) is 4.98 Å². The molecule has 0 saturated carbocycles. The van der Waals surface area contributed by atoms with Crippen LogP contribution in [0, 0.1) is 11.3 Å². The lowest BCUT2D eigenvalue weighted by Gasteiger charge is -2.08.